The normalized spacial score (nSPS) is 12.8. The number of rotatable bonds is 6. The molecule has 1 aromatic rings. The van der Waals surface area contributed by atoms with E-state index in [0.29, 0.717) is 12.5 Å². The van der Waals surface area contributed by atoms with E-state index in [4.69, 9.17) is 15.4 Å². The zero-order valence-electron chi connectivity index (χ0n) is 12.1. The molecule has 0 spiro atoms. The Kier molecular flexibility index (Phi) is 5.93. The van der Waals surface area contributed by atoms with Crippen LogP contribution in [0.15, 0.2) is 22.7 Å². The summed E-state index contributed by atoms with van der Waals surface area (Å²) in [6.07, 6.45) is 0. The topological polar surface area (TPSA) is 43.4 Å². The highest BCUT2D eigenvalue weighted by molar-refractivity contribution is 9.10. The Balaban J connectivity index is 2.85. The first kappa shape index (κ1) is 17.8. The van der Waals surface area contributed by atoms with Gasteiger partial charge in [-0.05, 0) is 29.7 Å². The van der Waals surface area contributed by atoms with Crippen LogP contribution in [0.4, 0.5) is 0 Å². The minimum atomic E-state index is -3.53. The van der Waals surface area contributed by atoms with Crippen LogP contribution in [0.25, 0.3) is 0 Å². The fraction of sp³-hybridized carbons (Fsp3) is 0.571. The van der Waals surface area contributed by atoms with Crippen LogP contribution in [0.1, 0.15) is 39.2 Å². The van der Waals surface area contributed by atoms with Crippen LogP contribution < -0.4 is 4.74 Å². The second kappa shape index (κ2) is 6.67. The molecule has 0 N–H and O–H groups in total. The molecule has 0 heterocycles. The first-order chi connectivity index (χ1) is 9.00. The predicted octanol–water partition coefficient (Wildman–Crippen LogP) is 4.55. The molecule has 114 valence electrons. The molecule has 0 saturated carbocycles. The van der Waals surface area contributed by atoms with Crippen LogP contribution in [0.5, 0.6) is 5.75 Å². The number of benzene rings is 1. The Labute approximate surface area is 134 Å². The third kappa shape index (κ3) is 6.02. The molecule has 0 radical (unpaired) electrons. The highest BCUT2D eigenvalue weighted by atomic mass is 79.9. The molecule has 0 atom stereocenters. The molecule has 0 aromatic heterocycles. The van der Waals surface area contributed by atoms with Crippen molar-refractivity contribution >= 4 is 35.7 Å². The molecule has 0 aliphatic rings. The van der Waals surface area contributed by atoms with Crippen LogP contribution in [0.2, 0.25) is 0 Å². The summed E-state index contributed by atoms with van der Waals surface area (Å²) in [5, 5.41) is 0. The van der Waals surface area contributed by atoms with Crippen molar-refractivity contribution < 1.29 is 13.2 Å². The van der Waals surface area contributed by atoms with Gasteiger partial charge < -0.3 is 4.74 Å². The number of hydrogen-bond acceptors (Lipinski definition) is 3. The average molecular weight is 384 g/mol. The van der Waals surface area contributed by atoms with Crippen molar-refractivity contribution in [1.29, 1.82) is 0 Å². The van der Waals surface area contributed by atoms with E-state index < -0.39 is 14.5 Å². The molecule has 20 heavy (non-hydrogen) atoms. The van der Waals surface area contributed by atoms with Crippen molar-refractivity contribution in [1.82, 2.24) is 0 Å². The molecule has 0 aliphatic carbocycles. The zero-order chi connectivity index (χ0) is 15.6. The molecule has 0 amide bonds. The smallest absolute Gasteiger partial charge is 0.233 e. The third-order valence-corrected chi connectivity index (χ3v) is 4.72. The maximum Gasteiger partial charge on any atom is 0.233 e. The van der Waals surface area contributed by atoms with Crippen molar-refractivity contribution in [3.05, 3.63) is 28.2 Å². The summed E-state index contributed by atoms with van der Waals surface area (Å²) in [7, 11) is 1.78. The van der Waals surface area contributed by atoms with E-state index in [1.165, 1.54) is 0 Å². The minimum absolute atomic E-state index is 0.116. The van der Waals surface area contributed by atoms with Gasteiger partial charge in [0.1, 0.15) is 5.75 Å². The summed E-state index contributed by atoms with van der Waals surface area (Å²) < 4.78 is 29.2. The van der Waals surface area contributed by atoms with E-state index in [-0.39, 0.29) is 5.75 Å². The maximum absolute atomic E-state index is 11.2. The number of hydrogen-bond donors (Lipinski definition) is 0. The molecule has 1 aromatic carbocycles. The summed E-state index contributed by atoms with van der Waals surface area (Å²) in [6.45, 7) is 8.11. The van der Waals surface area contributed by atoms with Crippen molar-refractivity contribution in [2.75, 3.05) is 12.4 Å². The van der Waals surface area contributed by atoms with E-state index in [1.807, 2.05) is 32.0 Å². The molecule has 0 saturated heterocycles. The van der Waals surface area contributed by atoms with E-state index in [1.54, 1.807) is 0 Å². The minimum Gasteiger partial charge on any atom is -0.493 e. The largest absolute Gasteiger partial charge is 0.493 e. The van der Waals surface area contributed by atoms with Crippen LogP contribution >= 0.6 is 26.6 Å². The van der Waals surface area contributed by atoms with Crippen LogP contribution in [0.3, 0.4) is 0 Å². The monoisotopic (exact) mass is 382 g/mol. The lowest BCUT2D eigenvalue weighted by molar-refractivity contribution is 0.198. The molecule has 0 unspecified atom stereocenters. The van der Waals surface area contributed by atoms with E-state index in [9.17, 15) is 8.42 Å². The van der Waals surface area contributed by atoms with Crippen molar-refractivity contribution in [2.45, 2.75) is 33.6 Å². The summed E-state index contributed by atoms with van der Waals surface area (Å²) in [6, 6.07) is 5.82. The van der Waals surface area contributed by atoms with Gasteiger partial charge in [0.25, 0.3) is 0 Å². The Hall–Kier alpha value is -0.260. The first-order valence-electron chi connectivity index (χ1n) is 6.35. The van der Waals surface area contributed by atoms with Crippen molar-refractivity contribution in [3.8, 4) is 5.75 Å². The van der Waals surface area contributed by atoms with Crippen LogP contribution in [0, 0.1) is 5.41 Å². The van der Waals surface area contributed by atoms with Gasteiger partial charge in [0.15, 0.2) is 0 Å². The highest BCUT2D eigenvalue weighted by Crippen LogP contribution is 2.31. The number of ether oxygens (including phenoxy) is 1. The van der Waals surface area contributed by atoms with Gasteiger partial charge in [0.2, 0.25) is 9.05 Å². The summed E-state index contributed by atoms with van der Waals surface area (Å²) in [5.74, 6) is 0.986. The van der Waals surface area contributed by atoms with Gasteiger partial charge in [-0.15, -0.1) is 0 Å². The van der Waals surface area contributed by atoms with Gasteiger partial charge in [-0.3, -0.25) is 0 Å². The Morgan fingerprint density at radius 2 is 1.95 bits per heavy atom. The van der Waals surface area contributed by atoms with Gasteiger partial charge in [0, 0.05) is 20.6 Å². The lowest BCUT2D eigenvalue weighted by atomic mass is 9.97. The van der Waals surface area contributed by atoms with Gasteiger partial charge in [0.05, 0.1) is 12.4 Å². The summed E-state index contributed by atoms with van der Waals surface area (Å²) in [5.41, 5.74) is 0.547. The fourth-order valence-electron chi connectivity index (χ4n) is 1.88. The average Bonchev–Trinajstić information content (AvgIpc) is 2.23. The molecule has 3 nitrogen and oxygen atoms in total. The van der Waals surface area contributed by atoms with Crippen LogP contribution in [-0.2, 0) is 9.05 Å². The zero-order valence-corrected chi connectivity index (χ0v) is 15.3. The highest BCUT2D eigenvalue weighted by Gasteiger charge is 2.26. The summed E-state index contributed by atoms with van der Waals surface area (Å²) in [4.78, 5) is 0. The van der Waals surface area contributed by atoms with Crippen molar-refractivity contribution in [3.63, 3.8) is 0 Å². The molecule has 0 fully saturated rings. The second-order valence-corrected chi connectivity index (χ2v) is 9.67. The molecule has 0 bridgehead atoms. The number of halogens is 2. The van der Waals surface area contributed by atoms with Gasteiger partial charge in [-0.25, -0.2) is 8.42 Å². The Bertz CT molecular complexity index is 568. The predicted molar refractivity (Wildman–Crippen MR) is 87.1 cm³/mol. The summed E-state index contributed by atoms with van der Waals surface area (Å²) >= 11 is 3.44. The Morgan fingerprint density at radius 1 is 1.35 bits per heavy atom. The van der Waals surface area contributed by atoms with E-state index in [2.05, 4.69) is 29.8 Å². The Morgan fingerprint density at radius 3 is 2.45 bits per heavy atom. The lowest BCUT2D eigenvalue weighted by Gasteiger charge is -2.24. The van der Waals surface area contributed by atoms with Crippen molar-refractivity contribution in [2.24, 2.45) is 5.41 Å². The molecular formula is C14H20BrClO3S. The molecule has 6 heteroatoms. The molecule has 1 rings (SSSR count). The molecular weight excluding hydrogens is 364 g/mol. The second-order valence-electron chi connectivity index (χ2n) is 5.97. The van der Waals surface area contributed by atoms with Gasteiger partial charge in [-0.1, -0.05) is 43.6 Å². The quantitative estimate of drug-likeness (QED) is 0.677. The lowest BCUT2D eigenvalue weighted by Crippen LogP contribution is -2.28. The van der Waals surface area contributed by atoms with E-state index in [0.717, 1.165) is 15.8 Å². The fourth-order valence-corrected chi connectivity index (χ4v) is 4.17. The van der Waals surface area contributed by atoms with Crippen LogP contribution in [-0.4, -0.2) is 20.8 Å². The van der Waals surface area contributed by atoms with Gasteiger partial charge >= 0.3 is 0 Å². The van der Waals surface area contributed by atoms with E-state index >= 15 is 0 Å². The third-order valence-electron chi connectivity index (χ3n) is 2.78. The van der Waals surface area contributed by atoms with Gasteiger partial charge in [-0.2, -0.15) is 0 Å². The maximum atomic E-state index is 11.2. The standard InChI is InChI=1S/C14H20BrClO3S/c1-10(2)12-7-11(15)5-6-13(12)19-8-14(3,4)9-20(16,17)18/h5-7,10H,8-9H2,1-4H3. The first-order valence-corrected chi connectivity index (χ1v) is 9.62. The molecule has 0 aliphatic heterocycles. The SMILES string of the molecule is CC(C)c1cc(Br)ccc1OCC(C)(C)CS(=O)(=O)Cl.